The first-order valence-electron chi connectivity index (χ1n) is 24.3. The fourth-order valence-electron chi connectivity index (χ4n) is 9.46. The smallest absolute Gasteiger partial charge is 0.280 e. The second-order valence-electron chi connectivity index (χ2n) is 22.8. The summed E-state index contributed by atoms with van der Waals surface area (Å²) in [6.07, 6.45) is 11.8. The lowest BCUT2D eigenvalue weighted by molar-refractivity contribution is 0.0691. The molecule has 0 spiro atoms. The number of nitrogens with zero attached hydrogens (tertiary/aromatic N) is 6. The van der Waals surface area contributed by atoms with Gasteiger partial charge >= 0.3 is 0 Å². The molecule has 0 radical (unpaired) electrons. The number of thiazole rings is 2. The molecule has 16 nitrogen and oxygen atoms in total. The maximum Gasteiger partial charge on any atom is 0.280 e. The lowest BCUT2D eigenvalue weighted by atomic mass is 9.97. The average molecular weight is 985 g/mol. The predicted octanol–water partition coefficient (Wildman–Crippen LogP) is 8.23. The summed E-state index contributed by atoms with van der Waals surface area (Å²) in [5.41, 5.74) is 2.06. The highest BCUT2D eigenvalue weighted by Gasteiger charge is 2.45. The van der Waals surface area contributed by atoms with Crippen LogP contribution < -0.4 is 21.3 Å². The van der Waals surface area contributed by atoms with Crippen LogP contribution in [-0.2, 0) is 0 Å². The summed E-state index contributed by atoms with van der Waals surface area (Å²) in [5.74, 6) is 0.543. The van der Waals surface area contributed by atoms with Gasteiger partial charge in [-0.25, -0.2) is 19.9 Å². The standard InChI is InChI=1S/C26H37N5O3S.C25H35N5O3S/c1-15-11-19(28-13-25(2,3)4)27-12-18(15)21-20(24(33)31-16-7-8-17(31)10-9-16)30-23(35-21)22(32)29-14-26(5,6)34;1-14-11-18(29-24(2,3)4)26-12-17(14)20-19(23(32)30-15-7-8-16(30)10-9-15)28-22(34-20)21(31)27-13-25(5,6)33/h11-12,16-17,34H,7-10,13-14H2,1-6H3,(H,27,28)(H,29,32);11-12,15-16,33H,7-10,13H2,1-6H3,(H,26,29)(H,27,31). The Morgan fingerprint density at radius 2 is 0.957 bits per heavy atom. The van der Waals surface area contributed by atoms with Crippen LogP contribution in [-0.4, -0.2) is 124 Å². The van der Waals surface area contributed by atoms with E-state index in [4.69, 9.17) is 0 Å². The first-order valence-corrected chi connectivity index (χ1v) is 25.9. The fraction of sp³-hybridized carbons (Fsp3) is 0.608. The van der Waals surface area contributed by atoms with Crippen molar-refractivity contribution in [3.05, 3.63) is 57.1 Å². The molecule has 4 amide bonds. The van der Waals surface area contributed by atoms with Crippen LogP contribution in [0.1, 0.15) is 172 Å². The Balaban J connectivity index is 0.000000204. The van der Waals surface area contributed by atoms with Gasteiger partial charge in [0.2, 0.25) is 0 Å². The number of aromatic nitrogens is 4. The Bertz CT molecular complexity index is 2520. The molecule has 4 aliphatic rings. The maximum atomic E-state index is 13.7. The zero-order valence-electron chi connectivity index (χ0n) is 42.4. The highest BCUT2D eigenvalue weighted by atomic mass is 32.1. The molecule has 8 rings (SSSR count). The number of pyridine rings is 2. The number of amides is 4. The van der Waals surface area contributed by atoms with Crippen LogP contribution in [0.5, 0.6) is 0 Å². The molecule has 4 aromatic rings. The summed E-state index contributed by atoms with van der Waals surface area (Å²) in [4.78, 5) is 76.7. The number of anilines is 2. The zero-order valence-corrected chi connectivity index (χ0v) is 44.1. The molecule has 69 heavy (non-hydrogen) atoms. The molecular weight excluding hydrogens is 913 g/mol. The van der Waals surface area contributed by atoms with Gasteiger partial charge in [0.05, 0.1) is 21.0 Å². The largest absolute Gasteiger partial charge is 0.389 e. The third-order valence-electron chi connectivity index (χ3n) is 12.8. The molecule has 18 heteroatoms. The van der Waals surface area contributed by atoms with E-state index in [0.29, 0.717) is 21.1 Å². The van der Waals surface area contributed by atoms with Crippen molar-refractivity contribution in [2.45, 2.75) is 175 Å². The molecule has 374 valence electrons. The fourth-order valence-corrected chi connectivity index (χ4v) is 11.6. The second-order valence-corrected chi connectivity index (χ2v) is 24.8. The molecule has 0 unspecified atom stereocenters. The van der Waals surface area contributed by atoms with Crippen LogP contribution in [0.4, 0.5) is 11.6 Å². The Kier molecular flexibility index (Phi) is 15.0. The Hall–Kier alpha value is -5.04. The highest BCUT2D eigenvalue weighted by Crippen LogP contribution is 2.43. The number of aryl methyl sites for hydroxylation is 2. The minimum Gasteiger partial charge on any atom is -0.389 e. The molecule has 0 aromatic carbocycles. The Morgan fingerprint density at radius 3 is 1.29 bits per heavy atom. The number of fused-ring (bicyclic) bond motifs is 4. The van der Waals surface area contributed by atoms with Gasteiger partial charge in [-0.15, -0.1) is 22.7 Å². The number of aliphatic hydroxyl groups is 2. The first-order chi connectivity index (χ1) is 32.1. The molecule has 4 aromatic heterocycles. The van der Waals surface area contributed by atoms with Gasteiger partial charge in [-0.1, -0.05) is 20.8 Å². The monoisotopic (exact) mass is 985 g/mol. The van der Waals surface area contributed by atoms with E-state index in [1.54, 1.807) is 40.1 Å². The van der Waals surface area contributed by atoms with Crippen LogP contribution in [0, 0.1) is 19.3 Å². The van der Waals surface area contributed by atoms with Gasteiger partial charge in [0, 0.05) is 72.9 Å². The molecule has 8 heterocycles. The van der Waals surface area contributed by atoms with Gasteiger partial charge in [0.1, 0.15) is 23.0 Å². The van der Waals surface area contributed by atoms with Crippen molar-refractivity contribution in [3.63, 3.8) is 0 Å². The van der Waals surface area contributed by atoms with E-state index in [1.807, 2.05) is 35.8 Å². The molecule has 0 atom stereocenters. The van der Waals surface area contributed by atoms with Crippen molar-refractivity contribution in [3.8, 4) is 20.9 Å². The number of hydrogen-bond acceptors (Lipinski definition) is 14. The van der Waals surface area contributed by atoms with E-state index in [2.05, 4.69) is 82.7 Å². The SMILES string of the molecule is Cc1cc(NC(C)(C)C)ncc1-c1sc(C(=O)NCC(C)(C)O)nc1C(=O)N1C2CCC1CC2.Cc1cc(NCC(C)(C)C)ncc1-c1sc(C(=O)NCC(C)(C)O)nc1C(=O)N1C2CCC1CC2. The van der Waals surface area contributed by atoms with Gasteiger partial charge in [0.25, 0.3) is 23.6 Å². The average Bonchev–Trinajstić information content (AvgIpc) is 4.13. The Morgan fingerprint density at radius 1 is 0.594 bits per heavy atom. The number of carbonyl (C=O) groups is 4. The van der Waals surface area contributed by atoms with E-state index >= 15 is 0 Å². The molecule has 0 aliphatic carbocycles. The number of carbonyl (C=O) groups excluding carboxylic acids is 4. The summed E-state index contributed by atoms with van der Waals surface area (Å²) < 4.78 is 0. The molecule has 6 N–H and O–H groups in total. The quantitative estimate of drug-likeness (QED) is 0.0748. The molecule has 4 saturated heterocycles. The van der Waals surface area contributed by atoms with Crippen molar-refractivity contribution in [2.24, 2.45) is 5.41 Å². The van der Waals surface area contributed by atoms with Crippen molar-refractivity contribution in [1.82, 2.24) is 40.4 Å². The van der Waals surface area contributed by atoms with Gasteiger partial charge in [-0.05, 0) is 142 Å². The van der Waals surface area contributed by atoms with Crippen molar-refractivity contribution >= 4 is 57.9 Å². The second kappa shape index (κ2) is 20.0. The van der Waals surface area contributed by atoms with Crippen molar-refractivity contribution < 1.29 is 29.4 Å². The van der Waals surface area contributed by atoms with Crippen LogP contribution in [0.15, 0.2) is 24.5 Å². The van der Waals surface area contributed by atoms with Gasteiger partial charge < -0.3 is 41.3 Å². The Labute approximate surface area is 414 Å². The molecular formula is C51H72N10O6S2. The summed E-state index contributed by atoms with van der Waals surface area (Å²) in [5, 5.41) is 32.6. The van der Waals surface area contributed by atoms with Gasteiger partial charge in [-0.3, -0.25) is 19.2 Å². The van der Waals surface area contributed by atoms with Crippen molar-refractivity contribution in [1.29, 1.82) is 0 Å². The third kappa shape index (κ3) is 12.7. The lowest BCUT2D eigenvalue weighted by Gasteiger charge is -2.22. The number of rotatable bonds is 13. The normalized spacial score (nSPS) is 19.9. The molecule has 4 bridgehead atoms. The molecule has 0 saturated carbocycles. The van der Waals surface area contributed by atoms with E-state index in [-0.39, 0.29) is 70.0 Å². The maximum absolute atomic E-state index is 13.7. The summed E-state index contributed by atoms with van der Waals surface area (Å²) in [6, 6.07) is 4.98. The van der Waals surface area contributed by atoms with E-state index in [0.717, 1.165) is 91.8 Å². The zero-order chi connectivity index (χ0) is 50.4. The van der Waals surface area contributed by atoms with Crippen molar-refractivity contribution in [2.75, 3.05) is 30.3 Å². The minimum absolute atomic E-state index is 0.0913. The lowest BCUT2D eigenvalue weighted by Crippen LogP contribution is -2.38. The predicted molar refractivity (Wildman–Crippen MR) is 273 cm³/mol. The van der Waals surface area contributed by atoms with Gasteiger partial charge in [-0.2, -0.15) is 0 Å². The topological polar surface area (TPSA) is 215 Å². The summed E-state index contributed by atoms with van der Waals surface area (Å²) >= 11 is 2.41. The third-order valence-corrected chi connectivity index (χ3v) is 15.0. The molecule has 4 aliphatic heterocycles. The summed E-state index contributed by atoms with van der Waals surface area (Å²) in [7, 11) is 0. The van der Waals surface area contributed by atoms with E-state index < -0.39 is 23.0 Å². The van der Waals surface area contributed by atoms with E-state index in [1.165, 1.54) is 22.7 Å². The van der Waals surface area contributed by atoms with Crippen LogP contribution in [0.25, 0.3) is 20.9 Å². The van der Waals surface area contributed by atoms with Crippen LogP contribution >= 0.6 is 22.7 Å². The van der Waals surface area contributed by atoms with Crippen LogP contribution in [0.2, 0.25) is 0 Å². The van der Waals surface area contributed by atoms with Crippen LogP contribution in [0.3, 0.4) is 0 Å². The minimum atomic E-state index is -1.04. The van der Waals surface area contributed by atoms with Gasteiger partial charge in [0.15, 0.2) is 10.0 Å². The van der Waals surface area contributed by atoms with E-state index in [9.17, 15) is 29.4 Å². The number of nitrogens with one attached hydrogen (secondary N) is 4. The first kappa shape index (κ1) is 51.8. The summed E-state index contributed by atoms with van der Waals surface area (Å²) in [6.45, 7) is 24.1. The molecule has 4 fully saturated rings. The highest BCUT2D eigenvalue weighted by molar-refractivity contribution is 7.17. The number of hydrogen-bond donors (Lipinski definition) is 6.